The number of likely N-dealkylation sites (tertiary alicyclic amines) is 1. The van der Waals surface area contributed by atoms with Crippen LogP contribution in [-0.2, 0) is 4.74 Å². The average Bonchev–Trinajstić information content (AvgIpc) is 3.27. The van der Waals surface area contributed by atoms with Crippen molar-refractivity contribution in [1.29, 1.82) is 0 Å². The standard InChI is InChI=1S/C25H28ClFN4O4/c1-25(2,3)35-24(32)31-9-5-6-16(31)13-34-21-12-17(33-4)11-20-22(21)23(29-14-28-20)30-15-7-8-19(27)18(26)10-15/h7-8,10-12,14,16H,5-6,9,13H2,1-4H3,(H,28,29,30)/t16-/m0/s1. The number of hydrogen-bond acceptors (Lipinski definition) is 7. The number of amides is 1. The van der Waals surface area contributed by atoms with Gasteiger partial charge >= 0.3 is 6.09 Å². The number of hydrogen-bond donors (Lipinski definition) is 1. The highest BCUT2D eigenvalue weighted by Crippen LogP contribution is 2.36. The third-order valence-corrected chi connectivity index (χ3v) is 5.82. The van der Waals surface area contributed by atoms with Crippen LogP contribution in [0.25, 0.3) is 10.9 Å². The van der Waals surface area contributed by atoms with Gasteiger partial charge in [0.25, 0.3) is 0 Å². The molecule has 1 aliphatic rings. The summed E-state index contributed by atoms with van der Waals surface area (Å²) in [5, 5.41) is 3.78. The lowest BCUT2D eigenvalue weighted by molar-refractivity contribution is 0.0188. The molecular weight excluding hydrogens is 475 g/mol. The Morgan fingerprint density at radius 2 is 2.06 bits per heavy atom. The Kier molecular flexibility index (Phi) is 7.16. The molecular formula is C25H28ClFN4O4. The minimum absolute atomic E-state index is 0.00466. The molecule has 0 bridgehead atoms. The quantitative estimate of drug-likeness (QED) is 0.445. The first-order valence-electron chi connectivity index (χ1n) is 11.3. The summed E-state index contributed by atoms with van der Waals surface area (Å²) in [6.07, 6.45) is 2.74. The van der Waals surface area contributed by atoms with E-state index in [1.165, 1.54) is 18.5 Å². The number of halogens is 2. The highest BCUT2D eigenvalue weighted by molar-refractivity contribution is 6.31. The number of rotatable bonds is 6. The molecule has 1 amide bonds. The van der Waals surface area contributed by atoms with Gasteiger partial charge in [-0.25, -0.2) is 19.2 Å². The van der Waals surface area contributed by atoms with E-state index in [2.05, 4.69) is 15.3 Å². The van der Waals surface area contributed by atoms with Gasteiger partial charge in [0.1, 0.15) is 41.7 Å². The molecule has 2 heterocycles. The molecule has 10 heteroatoms. The number of carbonyl (C=O) groups is 1. The summed E-state index contributed by atoms with van der Waals surface area (Å²) < 4.78 is 30.8. The molecule has 2 aromatic carbocycles. The number of benzene rings is 2. The number of fused-ring (bicyclic) bond motifs is 1. The fourth-order valence-electron chi connectivity index (χ4n) is 3.92. The van der Waals surface area contributed by atoms with Crippen molar-refractivity contribution < 1.29 is 23.4 Å². The van der Waals surface area contributed by atoms with Crippen LogP contribution in [0.5, 0.6) is 11.5 Å². The molecule has 4 rings (SSSR count). The third kappa shape index (κ3) is 5.85. The van der Waals surface area contributed by atoms with E-state index in [-0.39, 0.29) is 23.8 Å². The number of carbonyl (C=O) groups excluding carboxylic acids is 1. The average molecular weight is 503 g/mol. The first-order chi connectivity index (χ1) is 16.6. The van der Waals surface area contributed by atoms with Gasteiger partial charge < -0.3 is 24.4 Å². The Balaban J connectivity index is 1.62. The predicted molar refractivity (Wildman–Crippen MR) is 132 cm³/mol. The van der Waals surface area contributed by atoms with Gasteiger partial charge in [-0.05, 0) is 51.8 Å². The maximum absolute atomic E-state index is 13.6. The molecule has 1 aromatic heterocycles. The van der Waals surface area contributed by atoms with Gasteiger partial charge in [-0.3, -0.25) is 0 Å². The van der Waals surface area contributed by atoms with E-state index >= 15 is 0 Å². The molecule has 0 aliphatic carbocycles. The van der Waals surface area contributed by atoms with Crippen LogP contribution in [0.4, 0.5) is 20.7 Å². The van der Waals surface area contributed by atoms with Crippen LogP contribution in [0.3, 0.4) is 0 Å². The minimum atomic E-state index is -0.574. The highest BCUT2D eigenvalue weighted by atomic mass is 35.5. The molecule has 0 saturated carbocycles. The number of aromatic nitrogens is 2. The van der Waals surface area contributed by atoms with Crippen molar-refractivity contribution in [3.8, 4) is 11.5 Å². The maximum Gasteiger partial charge on any atom is 0.410 e. The first-order valence-corrected chi connectivity index (χ1v) is 11.7. The molecule has 1 fully saturated rings. The maximum atomic E-state index is 13.6. The van der Waals surface area contributed by atoms with Gasteiger partial charge in [-0.15, -0.1) is 0 Å². The summed E-state index contributed by atoms with van der Waals surface area (Å²) in [5.74, 6) is 1.01. The van der Waals surface area contributed by atoms with Crippen LogP contribution >= 0.6 is 11.6 Å². The van der Waals surface area contributed by atoms with Gasteiger partial charge in [0.15, 0.2) is 0 Å². The highest BCUT2D eigenvalue weighted by Gasteiger charge is 2.33. The zero-order valence-corrected chi connectivity index (χ0v) is 20.9. The van der Waals surface area contributed by atoms with Crippen molar-refractivity contribution in [1.82, 2.24) is 14.9 Å². The van der Waals surface area contributed by atoms with Crippen molar-refractivity contribution >= 4 is 40.1 Å². The molecule has 0 radical (unpaired) electrons. The largest absolute Gasteiger partial charge is 0.497 e. The van der Waals surface area contributed by atoms with Gasteiger partial charge in [0.2, 0.25) is 0 Å². The van der Waals surface area contributed by atoms with Gasteiger partial charge in [0, 0.05) is 24.4 Å². The van der Waals surface area contributed by atoms with E-state index in [4.69, 9.17) is 25.8 Å². The number of nitrogens with zero attached hydrogens (tertiary/aromatic N) is 3. The van der Waals surface area contributed by atoms with E-state index < -0.39 is 11.4 Å². The molecule has 8 nitrogen and oxygen atoms in total. The second-order valence-corrected chi connectivity index (χ2v) is 9.68. The second-order valence-electron chi connectivity index (χ2n) is 9.28. The van der Waals surface area contributed by atoms with Crippen molar-refractivity contribution in [3.63, 3.8) is 0 Å². The molecule has 0 unspecified atom stereocenters. The Morgan fingerprint density at radius 3 is 2.77 bits per heavy atom. The lowest BCUT2D eigenvalue weighted by Gasteiger charge is -2.28. The van der Waals surface area contributed by atoms with Gasteiger partial charge in [-0.1, -0.05) is 11.6 Å². The van der Waals surface area contributed by atoms with E-state index in [1.807, 2.05) is 20.8 Å². The second kappa shape index (κ2) is 10.1. The van der Waals surface area contributed by atoms with Crippen LogP contribution in [0.1, 0.15) is 33.6 Å². The minimum Gasteiger partial charge on any atom is -0.497 e. The Hall–Kier alpha value is -3.33. The molecule has 1 N–H and O–H groups in total. The Bertz CT molecular complexity index is 1230. The molecule has 186 valence electrons. The van der Waals surface area contributed by atoms with Crippen LogP contribution in [0, 0.1) is 5.82 Å². The number of nitrogens with one attached hydrogen (secondary N) is 1. The Morgan fingerprint density at radius 1 is 1.26 bits per heavy atom. The van der Waals surface area contributed by atoms with E-state index in [9.17, 15) is 9.18 Å². The smallest absolute Gasteiger partial charge is 0.410 e. The van der Waals surface area contributed by atoms with E-state index in [0.29, 0.717) is 40.5 Å². The monoisotopic (exact) mass is 502 g/mol. The lowest BCUT2D eigenvalue weighted by atomic mass is 10.2. The van der Waals surface area contributed by atoms with Gasteiger partial charge in [0.05, 0.1) is 29.1 Å². The summed E-state index contributed by atoms with van der Waals surface area (Å²) in [6, 6.07) is 7.71. The molecule has 1 saturated heterocycles. The Labute approximate surface area is 208 Å². The summed E-state index contributed by atoms with van der Waals surface area (Å²) in [7, 11) is 1.56. The summed E-state index contributed by atoms with van der Waals surface area (Å²) in [4.78, 5) is 23.1. The van der Waals surface area contributed by atoms with Crippen LogP contribution in [0.15, 0.2) is 36.7 Å². The molecule has 1 atom stereocenters. The van der Waals surface area contributed by atoms with Crippen molar-refractivity contribution in [2.75, 3.05) is 25.6 Å². The number of anilines is 2. The lowest BCUT2D eigenvalue weighted by Crippen LogP contribution is -2.42. The molecule has 0 spiro atoms. The summed E-state index contributed by atoms with van der Waals surface area (Å²) in [5.41, 5.74) is 0.584. The molecule has 35 heavy (non-hydrogen) atoms. The summed E-state index contributed by atoms with van der Waals surface area (Å²) in [6.45, 7) is 6.41. The van der Waals surface area contributed by atoms with E-state index in [1.54, 1.807) is 30.2 Å². The van der Waals surface area contributed by atoms with Crippen molar-refractivity contribution in [3.05, 3.63) is 47.5 Å². The molecule has 3 aromatic rings. The molecule has 1 aliphatic heterocycles. The summed E-state index contributed by atoms with van der Waals surface area (Å²) >= 11 is 5.94. The number of ether oxygens (including phenoxy) is 3. The topological polar surface area (TPSA) is 85.8 Å². The SMILES string of the molecule is COc1cc(OC[C@@H]2CCCN2C(=O)OC(C)(C)C)c2c(Nc3ccc(F)c(Cl)c3)ncnc2c1. The van der Waals surface area contributed by atoms with Crippen LogP contribution < -0.4 is 14.8 Å². The normalized spacial score (nSPS) is 15.8. The third-order valence-electron chi connectivity index (χ3n) is 5.53. The van der Waals surface area contributed by atoms with Crippen molar-refractivity contribution in [2.45, 2.75) is 45.3 Å². The predicted octanol–water partition coefficient (Wildman–Crippen LogP) is 5.95. The van der Waals surface area contributed by atoms with Crippen LogP contribution in [0.2, 0.25) is 5.02 Å². The fraction of sp³-hybridized carbons (Fsp3) is 0.400. The first kappa shape index (κ1) is 24.8. The number of methoxy groups -OCH3 is 1. The fourth-order valence-corrected chi connectivity index (χ4v) is 4.10. The van der Waals surface area contributed by atoms with Crippen LogP contribution in [-0.4, -0.2) is 52.9 Å². The van der Waals surface area contributed by atoms with E-state index in [0.717, 1.165) is 12.8 Å². The van der Waals surface area contributed by atoms with Gasteiger partial charge in [-0.2, -0.15) is 0 Å². The van der Waals surface area contributed by atoms with Crippen molar-refractivity contribution in [2.24, 2.45) is 0 Å². The zero-order valence-electron chi connectivity index (χ0n) is 20.1. The zero-order chi connectivity index (χ0) is 25.2.